The van der Waals surface area contributed by atoms with Gasteiger partial charge in [-0.2, -0.15) is 0 Å². The summed E-state index contributed by atoms with van der Waals surface area (Å²) in [5.41, 5.74) is 4.70. The molecule has 1 amide bonds. The lowest BCUT2D eigenvalue weighted by molar-refractivity contribution is 0.101. The van der Waals surface area contributed by atoms with Crippen molar-refractivity contribution in [3.05, 3.63) is 75.1 Å². The van der Waals surface area contributed by atoms with Crippen molar-refractivity contribution in [2.75, 3.05) is 5.32 Å². The van der Waals surface area contributed by atoms with E-state index in [0.717, 1.165) is 16.9 Å². The summed E-state index contributed by atoms with van der Waals surface area (Å²) in [6.45, 7) is 7.91. The van der Waals surface area contributed by atoms with E-state index in [1.165, 1.54) is 5.56 Å². The number of benzene rings is 2. The van der Waals surface area contributed by atoms with Crippen LogP contribution in [0.25, 0.3) is 0 Å². The highest BCUT2D eigenvalue weighted by Crippen LogP contribution is 2.23. The van der Waals surface area contributed by atoms with E-state index in [9.17, 15) is 4.79 Å². The maximum Gasteiger partial charge on any atom is 0.278 e. The van der Waals surface area contributed by atoms with Crippen LogP contribution in [0.1, 0.15) is 38.5 Å². The first-order chi connectivity index (χ1) is 12.8. The number of nitrogens with zero attached hydrogens (tertiary/aromatic N) is 1. The summed E-state index contributed by atoms with van der Waals surface area (Å²) in [4.78, 5) is 12.7. The van der Waals surface area contributed by atoms with Crippen LogP contribution in [0.2, 0.25) is 5.02 Å². The first kappa shape index (κ1) is 19.0. The molecule has 0 radical (unpaired) electrons. The summed E-state index contributed by atoms with van der Waals surface area (Å²) in [5.74, 6) is 0.915. The number of carbonyl (C=O) groups is 1. The molecule has 140 valence electrons. The molecule has 2 aromatic carbocycles. The van der Waals surface area contributed by atoms with Crippen LogP contribution in [-0.2, 0) is 6.61 Å². The highest BCUT2D eigenvalue weighted by molar-refractivity contribution is 6.31. The van der Waals surface area contributed by atoms with Gasteiger partial charge >= 0.3 is 0 Å². The van der Waals surface area contributed by atoms with Gasteiger partial charge in [-0.25, -0.2) is 0 Å². The van der Waals surface area contributed by atoms with Crippen LogP contribution in [0.3, 0.4) is 0 Å². The summed E-state index contributed by atoms with van der Waals surface area (Å²) in [6, 6.07) is 11.2. The molecule has 1 heterocycles. The van der Waals surface area contributed by atoms with Crippen molar-refractivity contribution in [2.45, 2.75) is 34.3 Å². The van der Waals surface area contributed by atoms with Crippen molar-refractivity contribution in [1.29, 1.82) is 0 Å². The first-order valence-corrected chi connectivity index (χ1v) is 8.95. The number of aromatic nitrogens is 1. The molecule has 0 saturated carbocycles. The van der Waals surface area contributed by atoms with E-state index < -0.39 is 0 Å². The second-order valence-corrected chi connectivity index (χ2v) is 6.95. The molecule has 0 aliphatic rings. The van der Waals surface area contributed by atoms with Crippen LogP contribution >= 0.6 is 11.6 Å². The Morgan fingerprint density at radius 2 is 1.81 bits per heavy atom. The molecule has 0 bridgehead atoms. The van der Waals surface area contributed by atoms with E-state index >= 15 is 0 Å². The van der Waals surface area contributed by atoms with Gasteiger partial charge < -0.3 is 14.6 Å². The average Bonchev–Trinajstić information content (AvgIpc) is 3.00. The summed E-state index contributed by atoms with van der Waals surface area (Å²) < 4.78 is 11.1. The van der Waals surface area contributed by atoms with Gasteiger partial charge in [0, 0.05) is 10.7 Å². The maximum absolute atomic E-state index is 12.7. The van der Waals surface area contributed by atoms with Crippen molar-refractivity contribution < 1.29 is 14.1 Å². The third-order valence-electron chi connectivity index (χ3n) is 4.51. The van der Waals surface area contributed by atoms with Gasteiger partial charge in [0.2, 0.25) is 0 Å². The maximum atomic E-state index is 12.7. The molecule has 1 aromatic heterocycles. The second kappa shape index (κ2) is 7.84. The van der Waals surface area contributed by atoms with Gasteiger partial charge in [-0.3, -0.25) is 4.79 Å². The number of anilines is 1. The Labute approximate surface area is 163 Å². The topological polar surface area (TPSA) is 64.4 Å². The predicted octanol–water partition coefficient (Wildman–Crippen LogP) is 5.39. The van der Waals surface area contributed by atoms with Crippen LogP contribution in [0, 0.1) is 27.7 Å². The molecule has 0 spiro atoms. The van der Waals surface area contributed by atoms with Gasteiger partial charge in [-0.05, 0) is 68.7 Å². The van der Waals surface area contributed by atoms with Crippen LogP contribution < -0.4 is 10.1 Å². The molecule has 0 atom stereocenters. The molecular weight excluding hydrogens is 364 g/mol. The highest BCUT2D eigenvalue weighted by atomic mass is 35.5. The molecule has 5 nitrogen and oxygen atoms in total. The van der Waals surface area contributed by atoms with Crippen molar-refractivity contribution in [3.63, 3.8) is 0 Å². The third kappa shape index (κ3) is 4.31. The third-order valence-corrected chi connectivity index (χ3v) is 4.74. The van der Waals surface area contributed by atoms with Gasteiger partial charge in [0.1, 0.15) is 18.1 Å². The standard InChI is InChI=1S/C21H21ClN2O3/c1-12-6-8-17(9-14(12)3)26-11-18-15(4)27-24-20(18)21(25)23-19-10-16(22)7-5-13(19)2/h5-10H,11H2,1-4H3,(H,23,25). The molecule has 0 aliphatic heterocycles. The normalized spacial score (nSPS) is 10.7. The molecule has 1 N–H and O–H groups in total. The van der Waals surface area contributed by atoms with Crippen LogP contribution in [0.15, 0.2) is 40.9 Å². The number of ether oxygens (including phenoxy) is 1. The zero-order valence-electron chi connectivity index (χ0n) is 15.7. The van der Waals surface area contributed by atoms with Gasteiger partial charge in [0.15, 0.2) is 5.69 Å². The number of carbonyl (C=O) groups excluding carboxylic acids is 1. The lowest BCUT2D eigenvalue weighted by atomic mass is 10.1. The van der Waals surface area contributed by atoms with Gasteiger partial charge in [0.05, 0.1) is 5.56 Å². The Morgan fingerprint density at radius 3 is 2.56 bits per heavy atom. The van der Waals surface area contributed by atoms with E-state index in [1.807, 2.05) is 45.0 Å². The number of halogens is 1. The van der Waals surface area contributed by atoms with Crippen molar-refractivity contribution in [3.8, 4) is 5.75 Å². The molecule has 0 aliphatic carbocycles. The Kier molecular flexibility index (Phi) is 5.51. The highest BCUT2D eigenvalue weighted by Gasteiger charge is 2.21. The summed E-state index contributed by atoms with van der Waals surface area (Å²) >= 11 is 6.02. The second-order valence-electron chi connectivity index (χ2n) is 6.51. The zero-order chi connectivity index (χ0) is 19.6. The summed E-state index contributed by atoms with van der Waals surface area (Å²) in [5, 5.41) is 7.29. The summed E-state index contributed by atoms with van der Waals surface area (Å²) in [7, 11) is 0. The van der Waals surface area contributed by atoms with E-state index in [1.54, 1.807) is 19.1 Å². The van der Waals surface area contributed by atoms with Crippen molar-refractivity contribution in [2.24, 2.45) is 0 Å². The van der Waals surface area contributed by atoms with E-state index in [2.05, 4.69) is 10.5 Å². The Morgan fingerprint density at radius 1 is 1.07 bits per heavy atom. The van der Waals surface area contributed by atoms with Gasteiger partial charge in [-0.1, -0.05) is 28.9 Å². The number of rotatable bonds is 5. The van der Waals surface area contributed by atoms with Crippen molar-refractivity contribution >= 4 is 23.2 Å². The molecule has 27 heavy (non-hydrogen) atoms. The number of aryl methyl sites for hydroxylation is 4. The summed E-state index contributed by atoms with van der Waals surface area (Å²) in [6.07, 6.45) is 0. The molecule has 3 rings (SSSR count). The molecule has 3 aromatic rings. The lowest BCUT2D eigenvalue weighted by Gasteiger charge is -2.10. The van der Waals surface area contributed by atoms with E-state index in [0.29, 0.717) is 22.0 Å². The molecular formula is C21H21ClN2O3. The Bertz CT molecular complexity index is 995. The molecule has 0 unspecified atom stereocenters. The Hall–Kier alpha value is -2.79. The predicted molar refractivity (Wildman–Crippen MR) is 106 cm³/mol. The fourth-order valence-electron chi connectivity index (χ4n) is 2.61. The molecule has 0 fully saturated rings. The Balaban J connectivity index is 1.78. The van der Waals surface area contributed by atoms with E-state index in [-0.39, 0.29) is 18.2 Å². The number of hydrogen-bond donors (Lipinski definition) is 1. The average molecular weight is 385 g/mol. The SMILES string of the molecule is Cc1ccc(OCc2c(C(=O)Nc3cc(Cl)ccc3C)noc2C)cc1C. The number of nitrogens with one attached hydrogen (secondary N) is 1. The van der Waals surface area contributed by atoms with Crippen LogP contribution in [0.5, 0.6) is 5.75 Å². The number of amides is 1. The fraction of sp³-hybridized carbons (Fsp3) is 0.238. The largest absolute Gasteiger partial charge is 0.489 e. The monoisotopic (exact) mass is 384 g/mol. The molecule has 6 heteroatoms. The van der Waals surface area contributed by atoms with E-state index in [4.69, 9.17) is 20.9 Å². The minimum Gasteiger partial charge on any atom is -0.489 e. The zero-order valence-corrected chi connectivity index (χ0v) is 16.5. The minimum atomic E-state index is -0.365. The fourth-order valence-corrected chi connectivity index (χ4v) is 2.78. The quantitative estimate of drug-likeness (QED) is 0.640. The lowest BCUT2D eigenvalue weighted by Crippen LogP contribution is -2.16. The van der Waals surface area contributed by atoms with Gasteiger partial charge in [-0.15, -0.1) is 0 Å². The van der Waals surface area contributed by atoms with Crippen LogP contribution in [-0.4, -0.2) is 11.1 Å². The first-order valence-electron chi connectivity index (χ1n) is 8.58. The molecule has 0 saturated heterocycles. The smallest absolute Gasteiger partial charge is 0.278 e. The number of hydrogen-bond acceptors (Lipinski definition) is 4. The van der Waals surface area contributed by atoms with Crippen LogP contribution in [0.4, 0.5) is 5.69 Å². The minimum absolute atomic E-state index is 0.190. The van der Waals surface area contributed by atoms with Crippen molar-refractivity contribution in [1.82, 2.24) is 5.16 Å². The van der Waals surface area contributed by atoms with Gasteiger partial charge in [0.25, 0.3) is 5.91 Å².